The van der Waals surface area contributed by atoms with Gasteiger partial charge in [0.1, 0.15) is 0 Å². The first-order valence-corrected chi connectivity index (χ1v) is 11.1. The van der Waals surface area contributed by atoms with Gasteiger partial charge < -0.3 is 15.0 Å². The van der Waals surface area contributed by atoms with Crippen molar-refractivity contribution in [3.8, 4) is 0 Å². The van der Waals surface area contributed by atoms with Crippen molar-refractivity contribution in [3.05, 3.63) is 77.0 Å². The molecule has 4 rings (SSSR count). The van der Waals surface area contributed by atoms with Gasteiger partial charge in [0.05, 0.1) is 31.0 Å². The number of ether oxygens (including phenoxy) is 1. The van der Waals surface area contributed by atoms with Crippen molar-refractivity contribution < 1.29 is 22.3 Å². The Morgan fingerprint density at radius 2 is 2.00 bits per heavy atom. The zero-order chi connectivity index (χ0) is 25.0. The number of aliphatic imine (C=N–C) groups is 1. The number of nitrogens with one attached hydrogen (secondary N) is 1. The lowest BCUT2D eigenvalue weighted by Crippen LogP contribution is -2.42. The SMILES string of the molecule is Cc1cc(Nc2cccc(C(F)(F)F)c2)ccc1C=NCc1ncc(F)c(N2CCOC(C)C2)n1. The average molecular weight is 488 g/mol. The lowest BCUT2D eigenvalue weighted by atomic mass is 10.1. The van der Waals surface area contributed by atoms with Crippen LogP contribution in [0.5, 0.6) is 0 Å². The topological polar surface area (TPSA) is 62.6 Å². The number of aryl methyl sites for hydroxylation is 1. The largest absolute Gasteiger partial charge is 0.416 e. The number of halogens is 4. The fraction of sp³-hybridized carbons (Fsp3) is 0.320. The second-order valence-corrected chi connectivity index (χ2v) is 8.33. The Bertz CT molecular complexity index is 1210. The van der Waals surface area contributed by atoms with Crippen LogP contribution < -0.4 is 10.2 Å². The molecule has 3 aromatic rings. The summed E-state index contributed by atoms with van der Waals surface area (Å²) >= 11 is 0. The van der Waals surface area contributed by atoms with Crippen LogP contribution in [0.25, 0.3) is 0 Å². The van der Waals surface area contributed by atoms with E-state index < -0.39 is 17.6 Å². The molecule has 1 fully saturated rings. The van der Waals surface area contributed by atoms with Crippen LogP contribution in [-0.2, 0) is 17.5 Å². The quantitative estimate of drug-likeness (QED) is 0.366. The van der Waals surface area contributed by atoms with E-state index in [-0.39, 0.29) is 18.5 Å². The molecule has 1 aliphatic heterocycles. The Balaban J connectivity index is 1.42. The van der Waals surface area contributed by atoms with Crippen molar-refractivity contribution >= 4 is 23.4 Å². The zero-order valence-electron chi connectivity index (χ0n) is 19.3. The molecule has 0 saturated carbocycles. The first-order chi connectivity index (χ1) is 16.7. The van der Waals surface area contributed by atoms with Gasteiger partial charge in [0.15, 0.2) is 17.5 Å². The third kappa shape index (κ3) is 6.33. The van der Waals surface area contributed by atoms with Gasteiger partial charge in [0.25, 0.3) is 0 Å². The fourth-order valence-electron chi connectivity index (χ4n) is 3.77. The van der Waals surface area contributed by atoms with Crippen LogP contribution >= 0.6 is 0 Å². The summed E-state index contributed by atoms with van der Waals surface area (Å²) in [5.74, 6) is 0.172. The van der Waals surface area contributed by atoms with Gasteiger partial charge in [-0.15, -0.1) is 0 Å². The second-order valence-electron chi connectivity index (χ2n) is 8.33. The van der Waals surface area contributed by atoms with E-state index in [2.05, 4.69) is 20.3 Å². The van der Waals surface area contributed by atoms with Crippen LogP contribution in [0.4, 0.5) is 34.8 Å². The van der Waals surface area contributed by atoms with Gasteiger partial charge in [0, 0.05) is 30.7 Å². The molecule has 6 nitrogen and oxygen atoms in total. The van der Waals surface area contributed by atoms with Gasteiger partial charge in [-0.25, -0.2) is 14.4 Å². The first kappa shape index (κ1) is 24.6. The molecule has 0 spiro atoms. The summed E-state index contributed by atoms with van der Waals surface area (Å²) in [6, 6.07) is 10.5. The smallest absolute Gasteiger partial charge is 0.375 e. The molecule has 2 heterocycles. The highest BCUT2D eigenvalue weighted by Gasteiger charge is 2.30. The van der Waals surface area contributed by atoms with Gasteiger partial charge in [-0.3, -0.25) is 4.99 Å². The molecule has 35 heavy (non-hydrogen) atoms. The van der Waals surface area contributed by atoms with E-state index in [9.17, 15) is 17.6 Å². The van der Waals surface area contributed by atoms with Crippen molar-refractivity contribution in [2.45, 2.75) is 32.7 Å². The second kappa shape index (κ2) is 10.4. The van der Waals surface area contributed by atoms with E-state index in [4.69, 9.17) is 4.74 Å². The molecule has 2 aromatic carbocycles. The van der Waals surface area contributed by atoms with Crippen LogP contribution in [0.3, 0.4) is 0 Å². The summed E-state index contributed by atoms with van der Waals surface area (Å²) in [5.41, 5.74) is 2.01. The lowest BCUT2D eigenvalue weighted by Gasteiger charge is -2.32. The Kier molecular flexibility index (Phi) is 7.30. The molecule has 0 amide bonds. The van der Waals surface area contributed by atoms with Crippen LogP contribution in [0.15, 0.2) is 53.7 Å². The third-order valence-electron chi connectivity index (χ3n) is 5.53. The molecule has 1 atom stereocenters. The Hall–Kier alpha value is -3.53. The predicted octanol–water partition coefficient (Wildman–Crippen LogP) is 5.53. The van der Waals surface area contributed by atoms with Crippen LogP contribution in [0.2, 0.25) is 0 Å². The van der Waals surface area contributed by atoms with Crippen molar-refractivity contribution in [3.63, 3.8) is 0 Å². The van der Waals surface area contributed by atoms with Crippen molar-refractivity contribution in [2.75, 3.05) is 29.9 Å². The van der Waals surface area contributed by atoms with Gasteiger partial charge in [0.2, 0.25) is 0 Å². The molecular weight excluding hydrogens is 462 g/mol. The lowest BCUT2D eigenvalue weighted by molar-refractivity contribution is -0.137. The Morgan fingerprint density at radius 3 is 2.74 bits per heavy atom. The number of morpholine rings is 1. The van der Waals surface area contributed by atoms with Gasteiger partial charge >= 0.3 is 6.18 Å². The number of hydrogen-bond acceptors (Lipinski definition) is 6. The Labute approximate surface area is 200 Å². The number of aromatic nitrogens is 2. The molecule has 1 saturated heterocycles. The molecule has 10 heteroatoms. The fourth-order valence-corrected chi connectivity index (χ4v) is 3.77. The normalized spacial score (nSPS) is 16.6. The van der Waals surface area contributed by atoms with Crippen molar-refractivity contribution in [2.24, 2.45) is 4.99 Å². The number of rotatable bonds is 6. The molecule has 1 aromatic heterocycles. The predicted molar refractivity (Wildman–Crippen MR) is 127 cm³/mol. The summed E-state index contributed by atoms with van der Waals surface area (Å²) in [7, 11) is 0. The van der Waals surface area contributed by atoms with E-state index in [0.717, 1.165) is 29.5 Å². The first-order valence-electron chi connectivity index (χ1n) is 11.1. The molecule has 1 N–H and O–H groups in total. The molecule has 184 valence electrons. The number of nitrogens with zero attached hydrogens (tertiary/aromatic N) is 4. The minimum atomic E-state index is -4.40. The number of benzene rings is 2. The Morgan fingerprint density at radius 1 is 1.20 bits per heavy atom. The van der Waals surface area contributed by atoms with E-state index in [0.29, 0.717) is 36.9 Å². The number of alkyl halides is 3. The molecule has 1 aliphatic rings. The standard InChI is InChI=1S/C25H25F4N5O/c1-16-10-21(32-20-5-3-4-19(11-20)25(27,28)29)7-6-18(16)12-30-14-23-31-13-22(26)24(33-23)34-8-9-35-17(2)15-34/h3-7,10-13,17,32H,8-9,14-15H2,1-2H3. The highest BCUT2D eigenvalue weighted by Crippen LogP contribution is 2.31. The van der Waals surface area contributed by atoms with E-state index in [1.807, 2.05) is 30.9 Å². The molecular formula is C25H25F4N5O. The van der Waals surface area contributed by atoms with E-state index in [1.54, 1.807) is 18.3 Å². The minimum absolute atomic E-state index is 0.00592. The zero-order valence-corrected chi connectivity index (χ0v) is 19.3. The van der Waals surface area contributed by atoms with Crippen molar-refractivity contribution in [1.82, 2.24) is 9.97 Å². The van der Waals surface area contributed by atoms with E-state index >= 15 is 0 Å². The molecule has 1 unspecified atom stereocenters. The molecule has 0 aliphatic carbocycles. The maximum absolute atomic E-state index is 14.3. The van der Waals surface area contributed by atoms with Crippen LogP contribution in [0.1, 0.15) is 29.4 Å². The summed E-state index contributed by atoms with van der Waals surface area (Å²) in [4.78, 5) is 14.6. The van der Waals surface area contributed by atoms with Gasteiger partial charge in [-0.2, -0.15) is 13.2 Å². The maximum Gasteiger partial charge on any atom is 0.416 e. The van der Waals surface area contributed by atoms with Crippen LogP contribution in [-0.4, -0.2) is 42.0 Å². The molecule has 0 radical (unpaired) electrons. The third-order valence-corrected chi connectivity index (χ3v) is 5.53. The summed E-state index contributed by atoms with van der Waals surface area (Å²) < 4.78 is 58.6. The summed E-state index contributed by atoms with van der Waals surface area (Å²) in [5, 5.41) is 3.00. The number of hydrogen-bond donors (Lipinski definition) is 1. The van der Waals surface area contributed by atoms with Crippen molar-refractivity contribution in [1.29, 1.82) is 0 Å². The highest BCUT2D eigenvalue weighted by molar-refractivity contribution is 5.83. The monoisotopic (exact) mass is 487 g/mol. The average Bonchev–Trinajstić information content (AvgIpc) is 2.81. The minimum Gasteiger partial charge on any atom is -0.375 e. The number of anilines is 3. The van der Waals surface area contributed by atoms with E-state index in [1.165, 1.54) is 6.07 Å². The van der Waals surface area contributed by atoms with Gasteiger partial charge in [-0.1, -0.05) is 12.1 Å². The van der Waals surface area contributed by atoms with Gasteiger partial charge in [-0.05, 0) is 55.3 Å². The highest BCUT2D eigenvalue weighted by atomic mass is 19.4. The molecule has 0 bridgehead atoms. The summed E-state index contributed by atoms with van der Waals surface area (Å²) in [6.07, 6.45) is -1.57. The summed E-state index contributed by atoms with van der Waals surface area (Å²) in [6.45, 7) is 5.61. The maximum atomic E-state index is 14.3. The van der Waals surface area contributed by atoms with Crippen LogP contribution in [0, 0.1) is 12.7 Å².